The maximum Gasteiger partial charge on any atom is 0.251 e. The summed E-state index contributed by atoms with van der Waals surface area (Å²) in [4.78, 5) is 29.5. The van der Waals surface area contributed by atoms with Gasteiger partial charge in [0.05, 0.1) is 20.3 Å². The molecular weight excluding hydrogens is 420 g/mol. The van der Waals surface area contributed by atoms with E-state index in [0.29, 0.717) is 24.5 Å². The number of nitrogens with zero attached hydrogens (tertiary/aromatic N) is 3. The van der Waals surface area contributed by atoms with E-state index in [4.69, 9.17) is 9.47 Å². The third kappa shape index (κ3) is 4.52. The van der Waals surface area contributed by atoms with Crippen molar-refractivity contribution in [2.24, 2.45) is 0 Å². The number of hydrogen-bond acceptors (Lipinski definition) is 6. The SMILES string of the molecule is CCN(C(=O)CN1C=CN2NC(c3ccc(OC)c(OC)c3)CC2C1=O)c1cccc(C)c1. The van der Waals surface area contributed by atoms with Crippen molar-refractivity contribution in [3.05, 3.63) is 66.0 Å². The summed E-state index contributed by atoms with van der Waals surface area (Å²) >= 11 is 0. The van der Waals surface area contributed by atoms with Crippen molar-refractivity contribution in [1.29, 1.82) is 0 Å². The minimum atomic E-state index is -0.380. The highest BCUT2D eigenvalue weighted by Crippen LogP contribution is 2.35. The minimum Gasteiger partial charge on any atom is -0.493 e. The van der Waals surface area contributed by atoms with E-state index >= 15 is 0 Å². The number of benzene rings is 2. The zero-order chi connectivity index (χ0) is 23.5. The lowest BCUT2D eigenvalue weighted by Crippen LogP contribution is -2.51. The first kappa shape index (κ1) is 22.7. The fourth-order valence-electron chi connectivity index (χ4n) is 4.38. The van der Waals surface area contributed by atoms with Crippen LogP contribution in [0.2, 0.25) is 0 Å². The van der Waals surface area contributed by atoms with Crippen molar-refractivity contribution in [1.82, 2.24) is 15.3 Å². The standard InChI is InChI=1S/C25H30N4O4/c1-5-28(19-8-6-7-17(2)13-19)24(30)16-27-11-12-29-21(25(27)31)15-20(26-29)18-9-10-22(32-3)23(14-18)33-4/h6-14,20-21,26H,5,15-16H2,1-4H3. The molecule has 8 heteroatoms. The zero-order valence-electron chi connectivity index (χ0n) is 19.4. The van der Waals surface area contributed by atoms with Crippen molar-refractivity contribution in [2.45, 2.75) is 32.4 Å². The molecule has 1 saturated heterocycles. The van der Waals surface area contributed by atoms with Crippen LogP contribution in [0, 0.1) is 6.92 Å². The van der Waals surface area contributed by atoms with Gasteiger partial charge in [-0.15, -0.1) is 0 Å². The van der Waals surface area contributed by atoms with E-state index < -0.39 is 0 Å². The Morgan fingerprint density at radius 1 is 1.12 bits per heavy atom. The van der Waals surface area contributed by atoms with Crippen LogP contribution < -0.4 is 19.8 Å². The predicted octanol–water partition coefficient (Wildman–Crippen LogP) is 3.00. The summed E-state index contributed by atoms with van der Waals surface area (Å²) in [6, 6.07) is 13.1. The number of aryl methyl sites for hydroxylation is 1. The topological polar surface area (TPSA) is 74.4 Å². The average molecular weight is 451 g/mol. The number of hydrogen-bond donors (Lipinski definition) is 1. The molecule has 0 radical (unpaired) electrons. The van der Waals surface area contributed by atoms with Gasteiger partial charge in [0.2, 0.25) is 5.91 Å². The van der Waals surface area contributed by atoms with E-state index in [1.54, 1.807) is 25.3 Å². The first-order valence-electron chi connectivity index (χ1n) is 11.1. The number of carbonyl (C=O) groups is 2. The molecule has 1 N–H and O–H groups in total. The van der Waals surface area contributed by atoms with Crippen molar-refractivity contribution in [3.8, 4) is 11.5 Å². The second-order valence-corrected chi connectivity index (χ2v) is 8.20. The highest BCUT2D eigenvalue weighted by atomic mass is 16.5. The van der Waals surface area contributed by atoms with Crippen molar-refractivity contribution < 1.29 is 19.1 Å². The molecule has 2 atom stereocenters. The van der Waals surface area contributed by atoms with Gasteiger partial charge in [-0.05, 0) is 55.7 Å². The van der Waals surface area contributed by atoms with Crippen LogP contribution in [0.4, 0.5) is 5.69 Å². The number of likely N-dealkylation sites (N-methyl/N-ethyl adjacent to an activating group) is 1. The summed E-state index contributed by atoms with van der Waals surface area (Å²) in [5.74, 6) is 1.09. The lowest BCUT2D eigenvalue weighted by Gasteiger charge is -2.32. The van der Waals surface area contributed by atoms with Gasteiger partial charge in [0.15, 0.2) is 11.5 Å². The molecule has 33 heavy (non-hydrogen) atoms. The summed E-state index contributed by atoms with van der Waals surface area (Å²) in [6.45, 7) is 4.47. The molecule has 2 unspecified atom stereocenters. The molecule has 4 rings (SSSR count). The lowest BCUT2D eigenvalue weighted by molar-refractivity contribution is -0.137. The molecule has 2 aromatic carbocycles. The molecule has 174 valence electrons. The summed E-state index contributed by atoms with van der Waals surface area (Å²) in [7, 11) is 3.20. The first-order valence-corrected chi connectivity index (χ1v) is 11.1. The highest BCUT2D eigenvalue weighted by molar-refractivity contribution is 5.97. The van der Waals surface area contributed by atoms with Gasteiger partial charge in [0.25, 0.3) is 5.91 Å². The van der Waals surface area contributed by atoms with Crippen LogP contribution in [0.15, 0.2) is 54.9 Å². The highest BCUT2D eigenvalue weighted by Gasteiger charge is 2.40. The van der Waals surface area contributed by atoms with Crippen LogP contribution in [0.1, 0.15) is 30.5 Å². The van der Waals surface area contributed by atoms with Crippen LogP contribution in [-0.4, -0.2) is 55.1 Å². The van der Waals surface area contributed by atoms with Gasteiger partial charge < -0.3 is 24.3 Å². The predicted molar refractivity (Wildman–Crippen MR) is 126 cm³/mol. The van der Waals surface area contributed by atoms with Crippen LogP contribution in [0.25, 0.3) is 0 Å². The Hall–Kier alpha value is -3.52. The number of carbonyl (C=O) groups excluding carboxylic acids is 2. The molecule has 0 aliphatic carbocycles. The normalized spacial score (nSPS) is 19.5. The van der Waals surface area contributed by atoms with Gasteiger partial charge in [-0.3, -0.25) is 9.59 Å². The molecule has 0 saturated carbocycles. The molecule has 2 heterocycles. The molecule has 0 aromatic heterocycles. The molecule has 0 spiro atoms. The number of anilines is 1. The van der Waals surface area contributed by atoms with Gasteiger partial charge in [0, 0.05) is 24.6 Å². The van der Waals surface area contributed by atoms with Gasteiger partial charge in [-0.1, -0.05) is 18.2 Å². The second-order valence-electron chi connectivity index (χ2n) is 8.20. The van der Waals surface area contributed by atoms with E-state index in [1.807, 2.05) is 67.5 Å². The van der Waals surface area contributed by atoms with Crippen LogP contribution in [0.3, 0.4) is 0 Å². The van der Waals surface area contributed by atoms with Crippen molar-refractivity contribution in [2.75, 3.05) is 32.2 Å². The molecule has 0 bridgehead atoms. The number of methoxy groups -OCH3 is 2. The molecule has 2 aliphatic heterocycles. The monoisotopic (exact) mass is 450 g/mol. The van der Waals surface area contributed by atoms with Gasteiger partial charge >= 0.3 is 0 Å². The average Bonchev–Trinajstić information content (AvgIpc) is 3.26. The number of hydrazine groups is 1. The molecule has 1 fully saturated rings. The molecule has 2 aromatic rings. The summed E-state index contributed by atoms with van der Waals surface area (Å²) in [5, 5.41) is 1.82. The Labute approximate surface area is 194 Å². The zero-order valence-corrected chi connectivity index (χ0v) is 19.4. The van der Waals surface area contributed by atoms with E-state index in [-0.39, 0.29) is 30.4 Å². The Kier molecular flexibility index (Phi) is 6.55. The fourth-order valence-corrected chi connectivity index (χ4v) is 4.38. The Balaban J connectivity index is 1.45. The van der Waals surface area contributed by atoms with Crippen molar-refractivity contribution in [3.63, 3.8) is 0 Å². The number of rotatable bonds is 7. The number of nitrogens with one attached hydrogen (secondary N) is 1. The van der Waals surface area contributed by atoms with Gasteiger partial charge in [0.1, 0.15) is 12.6 Å². The maximum absolute atomic E-state index is 13.2. The molecule has 2 amide bonds. The van der Waals surface area contributed by atoms with E-state index in [0.717, 1.165) is 16.8 Å². The van der Waals surface area contributed by atoms with E-state index in [9.17, 15) is 9.59 Å². The third-order valence-corrected chi connectivity index (χ3v) is 6.12. The van der Waals surface area contributed by atoms with Crippen LogP contribution >= 0.6 is 0 Å². The van der Waals surface area contributed by atoms with Gasteiger partial charge in [-0.25, -0.2) is 5.43 Å². The van der Waals surface area contributed by atoms with E-state index in [1.165, 1.54) is 4.90 Å². The summed E-state index contributed by atoms with van der Waals surface area (Å²) in [6.07, 6.45) is 4.08. The van der Waals surface area contributed by atoms with Crippen molar-refractivity contribution >= 4 is 17.5 Å². The molecular formula is C25H30N4O4. The fraction of sp³-hybridized carbons (Fsp3) is 0.360. The Bertz CT molecular complexity index is 1070. The summed E-state index contributed by atoms with van der Waals surface area (Å²) in [5.41, 5.74) is 6.30. The summed E-state index contributed by atoms with van der Waals surface area (Å²) < 4.78 is 10.7. The third-order valence-electron chi connectivity index (χ3n) is 6.12. The lowest BCUT2D eigenvalue weighted by atomic mass is 10.0. The maximum atomic E-state index is 13.2. The number of fused-ring (bicyclic) bond motifs is 1. The Morgan fingerprint density at radius 2 is 1.91 bits per heavy atom. The minimum absolute atomic E-state index is 0.00246. The number of ether oxygens (including phenoxy) is 2. The molecule has 8 nitrogen and oxygen atoms in total. The first-order chi connectivity index (χ1) is 15.9. The smallest absolute Gasteiger partial charge is 0.251 e. The second kappa shape index (κ2) is 9.54. The number of amides is 2. The molecule has 2 aliphatic rings. The van der Waals surface area contributed by atoms with Crippen LogP contribution in [-0.2, 0) is 9.59 Å². The van der Waals surface area contributed by atoms with Crippen LogP contribution in [0.5, 0.6) is 11.5 Å². The largest absolute Gasteiger partial charge is 0.493 e. The quantitative estimate of drug-likeness (QED) is 0.699. The van der Waals surface area contributed by atoms with E-state index in [2.05, 4.69) is 5.43 Å². The van der Waals surface area contributed by atoms with Gasteiger partial charge in [-0.2, -0.15) is 0 Å². The Morgan fingerprint density at radius 3 is 2.61 bits per heavy atom.